The van der Waals surface area contributed by atoms with Gasteiger partial charge in [-0.3, -0.25) is 0 Å². The fourth-order valence-electron chi connectivity index (χ4n) is 2.15. The molecule has 0 spiro atoms. The summed E-state index contributed by atoms with van der Waals surface area (Å²) in [7, 11) is 0. The smallest absolute Gasteiger partial charge is 0.0628 e. The second-order valence-corrected chi connectivity index (χ2v) is 6.13. The van der Waals surface area contributed by atoms with Gasteiger partial charge in [0.2, 0.25) is 0 Å². The predicted octanol–water partition coefficient (Wildman–Crippen LogP) is 5.09. The van der Waals surface area contributed by atoms with E-state index in [2.05, 4.69) is 74.5 Å². The Morgan fingerprint density at radius 3 is 1.67 bits per heavy atom. The van der Waals surface area contributed by atoms with Crippen LogP contribution in [0.15, 0.2) is 60.7 Å². The molecule has 18 heavy (non-hydrogen) atoms. The van der Waals surface area contributed by atoms with Crippen LogP contribution in [0.2, 0.25) is 0 Å². The molecular formula is C17H20S. The molecule has 0 saturated heterocycles. The zero-order valence-corrected chi connectivity index (χ0v) is 11.9. The maximum Gasteiger partial charge on any atom is 0.0628 e. The number of hydrogen-bond donors (Lipinski definition) is 0. The van der Waals surface area contributed by atoms with Crippen molar-refractivity contribution in [3.8, 4) is 0 Å². The minimum absolute atomic E-state index is 0.0541. The molecule has 0 atom stereocenters. The van der Waals surface area contributed by atoms with Crippen LogP contribution >= 0.6 is 11.8 Å². The normalized spacial score (nSPS) is 11.4. The molecule has 2 rings (SSSR count). The summed E-state index contributed by atoms with van der Waals surface area (Å²) in [6, 6.07) is 21.6. The summed E-state index contributed by atoms with van der Waals surface area (Å²) in [4.78, 5) is 0. The van der Waals surface area contributed by atoms with E-state index in [0.717, 1.165) is 0 Å². The highest BCUT2D eigenvalue weighted by molar-refractivity contribution is 8.00. The molecule has 0 N–H and O–H groups in total. The molecule has 0 radical (unpaired) electrons. The molecule has 0 bridgehead atoms. The summed E-state index contributed by atoms with van der Waals surface area (Å²) in [5.74, 6) is 1.18. The lowest BCUT2D eigenvalue weighted by Gasteiger charge is -2.30. The van der Waals surface area contributed by atoms with E-state index in [4.69, 9.17) is 0 Å². The SMILES string of the molecule is CCCSC(C)(c1ccccc1)c1ccccc1. The highest BCUT2D eigenvalue weighted by atomic mass is 32.2. The summed E-state index contributed by atoms with van der Waals surface area (Å²) in [5, 5.41) is 0. The molecule has 0 heterocycles. The van der Waals surface area contributed by atoms with Crippen molar-refractivity contribution in [2.45, 2.75) is 25.0 Å². The van der Waals surface area contributed by atoms with E-state index < -0.39 is 0 Å². The van der Waals surface area contributed by atoms with Crippen molar-refractivity contribution in [2.24, 2.45) is 0 Å². The quantitative estimate of drug-likeness (QED) is 0.717. The van der Waals surface area contributed by atoms with Crippen molar-refractivity contribution in [3.63, 3.8) is 0 Å². The van der Waals surface area contributed by atoms with E-state index in [0.29, 0.717) is 0 Å². The fourth-order valence-corrected chi connectivity index (χ4v) is 3.37. The zero-order valence-electron chi connectivity index (χ0n) is 11.1. The third kappa shape index (κ3) is 2.78. The van der Waals surface area contributed by atoms with E-state index in [1.54, 1.807) is 0 Å². The monoisotopic (exact) mass is 256 g/mol. The van der Waals surface area contributed by atoms with Crippen molar-refractivity contribution in [2.75, 3.05) is 5.75 Å². The van der Waals surface area contributed by atoms with Gasteiger partial charge in [0.1, 0.15) is 0 Å². The van der Waals surface area contributed by atoms with Crippen LogP contribution in [0.1, 0.15) is 31.4 Å². The molecule has 0 amide bonds. The van der Waals surface area contributed by atoms with Gasteiger partial charge in [-0.25, -0.2) is 0 Å². The van der Waals surface area contributed by atoms with Crippen LogP contribution in [0, 0.1) is 0 Å². The van der Waals surface area contributed by atoms with Gasteiger partial charge in [-0.1, -0.05) is 67.6 Å². The molecule has 0 unspecified atom stereocenters. The molecule has 0 aliphatic rings. The topological polar surface area (TPSA) is 0 Å². The lowest BCUT2D eigenvalue weighted by Crippen LogP contribution is -2.19. The predicted molar refractivity (Wildman–Crippen MR) is 82.1 cm³/mol. The van der Waals surface area contributed by atoms with Gasteiger partial charge in [-0.2, -0.15) is 0 Å². The van der Waals surface area contributed by atoms with Crippen LogP contribution in [0.4, 0.5) is 0 Å². The first-order valence-corrected chi connectivity index (χ1v) is 7.51. The van der Waals surface area contributed by atoms with E-state index in [-0.39, 0.29) is 4.75 Å². The summed E-state index contributed by atoms with van der Waals surface area (Å²) < 4.78 is 0.0541. The summed E-state index contributed by atoms with van der Waals surface area (Å²) in [6.45, 7) is 4.57. The average Bonchev–Trinajstić information content (AvgIpc) is 2.46. The second-order valence-electron chi connectivity index (χ2n) is 4.61. The number of thioether (sulfide) groups is 1. The van der Waals surface area contributed by atoms with Crippen molar-refractivity contribution < 1.29 is 0 Å². The maximum atomic E-state index is 2.33. The molecule has 94 valence electrons. The van der Waals surface area contributed by atoms with Gasteiger partial charge in [-0.05, 0) is 30.2 Å². The standard InChI is InChI=1S/C17H20S/c1-3-14-18-17(2,15-10-6-4-7-11-15)16-12-8-5-9-13-16/h4-13H,3,14H2,1-2H3. The minimum Gasteiger partial charge on any atom is -0.146 e. The molecular weight excluding hydrogens is 236 g/mol. The third-order valence-corrected chi connectivity index (χ3v) is 4.91. The van der Waals surface area contributed by atoms with Gasteiger partial charge < -0.3 is 0 Å². The van der Waals surface area contributed by atoms with E-state index >= 15 is 0 Å². The average molecular weight is 256 g/mol. The Labute approximate surface area is 114 Å². The molecule has 1 heteroatoms. The molecule has 0 nitrogen and oxygen atoms in total. The molecule has 2 aromatic carbocycles. The summed E-state index contributed by atoms with van der Waals surface area (Å²) >= 11 is 2.03. The van der Waals surface area contributed by atoms with Gasteiger partial charge in [0.25, 0.3) is 0 Å². The fraction of sp³-hybridized carbons (Fsp3) is 0.294. The zero-order chi connectivity index (χ0) is 12.8. The van der Waals surface area contributed by atoms with Gasteiger partial charge in [0, 0.05) is 0 Å². The highest BCUT2D eigenvalue weighted by Gasteiger charge is 2.28. The van der Waals surface area contributed by atoms with Crippen LogP contribution in [0.5, 0.6) is 0 Å². The third-order valence-electron chi connectivity index (χ3n) is 3.24. The second kappa shape index (κ2) is 6.10. The van der Waals surface area contributed by atoms with Crippen molar-refractivity contribution in [3.05, 3.63) is 71.8 Å². The lowest BCUT2D eigenvalue weighted by atomic mass is 9.92. The van der Waals surface area contributed by atoms with Gasteiger partial charge in [0.05, 0.1) is 4.75 Å². The van der Waals surface area contributed by atoms with Crippen LogP contribution in [-0.4, -0.2) is 5.75 Å². The first-order valence-electron chi connectivity index (χ1n) is 6.52. The Morgan fingerprint density at radius 2 is 1.28 bits per heavy atom. The van der Waals surface area contributed by atoms with E-state index in [1.807, 2.05) is 11.8 Å². The van der Waals surface area contributed by atoms with Crippen LogP contribution in [0.25, 0.3) is 0 Å². The Morgan fingerprint density at radius 1 is 0.833 bits per heavy atom. The summed E-state index contributed by atoms with van der Waals surface area (Å²) in [5.41, 5.74) is 2.77. The first kappa shape index (κ1) is 13.2. The molecule has 0 aromatic heterocycles. The molecule has 2 aromatic rings. The Bertz CT molecular complexity index is 422. The molecule has 0 saturated carbocycles. The van der Waals surface area contributed by atoms with Crippen molar-refractivity contribution in [1.29, 1.82) is 0 Å². The first-order chi connectivity index (χ1) is 8.77. The summed E-state index contributed by atoms with van der Waals surface area (Å²) in [6.07, 6.45) is 1.21. The Kier molecular flexibility index (Phi) is 4.48. The Balaban J connectivity index is 2.41. The van der Waals surface area contributed by atoms with E-state index in [9.17, 15) is 0 Å². The van der Waals surface area contributed by atoms with E-state index in [1.165, 1.54) is 23.3 Å². The Hall–Kier alpha value is -1.21. The number of benzene rings is 2. The van der Waals surface area contributed by atoms with Crippen LogP contribution in [0.3, 0.4) is 0 Å². The lowest BCUT2D eigenvalue weighted by molar-refractivity contribution is 0.835. The van der Waals surface area contributed by atoms with Crippen molar-refractivity contribution >= 4 is 11.8 Å². The maximum absolute atomic E-state index is 2.33. The number of hydrogen-bond acceptors (Lipinski definition) is 1. The van der Waals surface area contributed by atoms with Gasteiger partial charge in [-0.15, -0.1) is 11.8 Å². The van der Waals surface area contributed by atoms with Gasteiger partial charge in [0.15, 0.2) is 0 Å². The molecule has 0 fully saturated rings. The van der Waals surface area contributed by atoms with Crippen molar-refractivity contribution in [1.82, 2.24) is 0 Å². The molecule has 0 aliphatic carbocycles. The number of rotatable bonds is 5. The van der Waals surface area contributed by atoms with Gasteiger partial charge >= 0.3 is 0 Å². The minimum atomic E-state index is 0.0541. The molecule has 0 aliphatic heterocycles. The highest BCUT2D eigenvalue weighted by Crippen LogP contribution is 2.42. The van der Waals surface area contributed by atoms with Crippen LogP contribution in [-0.2, 0) is 4.75 Å². The van der Waals surface area contributed by atoms with Crippen LogP contribution < -0.4 is 0 Å². The largest absolute Gasteiger partial charge is 0.146 e.